The zero-order valence-electron chi connectivity index (χ0n) is 16.8. The summed E-state index contributed by atoms with van der Waals surface area (Å²) in [5.41, 5.74) is 0.469. The minimum Gasteiger partial charge on any atom is -0.365 e. The summed E-state index contributed by atoms with van der Waals surface area (Å²) in [6.07, 6.45) is 3.70. The summed E-state index contributed by atoms with van der Waals surface area (Å²) in [5.74, 6) is -3.24. The van der Waals surface area contributed by atoms with Crippen LogP contribution in [0, 0.1) is 11.6 Å². The average molecular weight is 429 g/mol. The highest BCUT2D eigenvalue weighted by Crippen LogP contribution is 2.33. The van der Waals surface area contributed by atoms with Gasteiger partial charge in [-0.15, -0.1) is 0 Å². The van der Waals surface area contributed by atoms with Crippen LogP contribution in [0.15, 0.2) is 24.5 Å². The van der Waals surface area contributed by atoms with Crippen LogP contribution in [0.3, 0.4) is 0 Å². The van der Waals surface area contributed by atoms with E-state index in [1.807, 2.05) is 16.7 Å². The van der Waals surface area contributed by atoms with Gasteiger partial charge in [-0.25, -0.2) is 18.7 Å². The molecular formula is C21H21F2N5O3. The zero-order chi connectivity index (χ0) is 22.1. The quantitative estimate of drug-likeness (QED) is 0.585. The van der Waals surface area contributed by atoms with Crippen molar-refractivity contribution in [3.8, 4) is 0 Å². The number of amides is 2. The molecule has 0 bridgehead atoms. The van der Waals surface area contributed by atoms with E-state index in [-0.39, 0.29) is 24.4 Å². The van der Waals surface area contributed by atoms with E-state index in [1.54, 1.807) is 0 Å². The monoisotopic (exact) mass is 429 g/mol. The number of imide groups is 1. The number of rotatable bonds is 4. The summed E-state index contributed by atoms with van der Waals surface area (Å²) in [4.78, 5) is 46.3. The van der Waals surface area contributed by atoms with Gasteiger partial charge in [0, 0.05) is 55.7 Å². The van der Waals surface area contributed by atoms with Crippen LogP contribution in [0.5, 0.6) is 0 Å². The first kappa shape index (κ1) is 20.8. The van der Waals surface area contributed by atoms with Crippen LogP contribution in [-0.2, 0) is 9.59 Å². The van der Waals surface area contributed by atoms with Gasteiger partial charge in [0.05, 0.1) is 11.5 Å². The van der Waals surface area contributed by atoms with Crippen molar-refractivity contribution < 1.29 is 23.2 Å². The van der Waals surface area contributed by atoms with Crippen molar-refractivity contribution in [3.05, 3.63) is 47.3 Å². The molecule has 8 nitrogen and oxygen atoms in total. The number of aldehydes is 1. The fraction of sp³-hybridized carbons (Fsp3) is 0.381. The Morgan fingerprint density at radius 1 is 1.13 bits per heavy atom. The lowest BCUT2D eigenvalue weighted by molar-refractivity contribution is -0.134. The van der Waals surface area contributed by atoms with E-state index >= 15 is 0 Å². The summed E-state index contributed by atoms with van der Waals surface area (Å²) in [6, 6.07) is 2.39. The van der Waals surface area contributed by atoms with Crippen LogP contribution in [0.2, 0.25) is 0 Å². The van der Waals surface area contributed by atoms with Crippen LogP contribution in [0.1, 0.15) is 41.6 Å². The fourth-order valence-corrected chi connectivity index (χ4v) is 4.12. The minimum atomic E-state index is -1.02. The highest BCUT2D eigenvalue weighted by atomic mass is 19.1. The lowest BCUT2D eigenvalue weighted by atomic mass is 9.89. The van der Waals surface area contributed by atoms with Crippen molar-refractivity contribution in [3.63, 3.8) is 0 Å². The minimum absolute atomic E-state index is 0.0475. The highest BCUT2D eigenvalue weighted by Gasteiger charge is 2.33. The Morgan fingerprint density at radius 3 is 2.39 bits per heavy atom. The van der Waals surface area contributed by atoms with E-state index in [4.69, 9.17) is 0 Å². The molecule has 0 saturated carbocycles. The highest BCUT2D eigenvalue weighted by molar-refractivity contribution is 6.01. The molecule has 31 heavy (non-hydrogen) atoms. The van der Waals surface area contributed by atoms with Crippen LogP contribution in [0.4, 0.5) is 20.4 Å². The van der Waals surface area contributed by atoms with Gasteiger partial charge in [0.2, 0.25) is 17.8 Å². The number of carbonyl (C=O) groups is 3. The summed E-state index contributed by atoms with van der Waals surface area (Å²) < 4.78 is 29.7. The van der Waals surface area contributed by atoms with Crippen LogP contribution >= 0.6 is 0 Å². The first-order chi connectivity index (χ1) is 14.9. The van der Waals surface area contributed by atoms with E-state index in [1.165, 1.54) is 24.5 Å². The number of nitrogens with one attached hydrogen (secondary N) is 1. The molecule has 2 saturated heterocycles. The van der Waals surface area contributed by atoms with Crippen molar-refractivity contribution in [1.29, 1.82) is 0 Å². The third kappa shape index (κ3) is 4.10. The average Bonchev–Trinajstić information content (AvgIpc) is 2.74. The molecule has 1 N–H and O–H groups in total. The van der Waals surface area contributed by atoms with Gasteiger partial charge in [-0.2, -0.15) is 0 Å². The van der Waals surface area contributed by atoms with Gasteiger partial charge in [0.1, 0.15) is 11.6 Å². The largest absolute Gasteiger partial charge is 0.365 e. The first-order valence-corrected chi connectivity index (χ1v) is 9.99. The lowest BCUT2D eigenvalue weighted by Gasteiger charge is -2.41. The van der Waals surface area contributed by atoms with Crippen molar-refractivity contribution in [1.82, 2.24) is 15.3 Å². The lowest BCUT2D eigenvalue weighted by Crippen LogP contribution is -2.52. The maximum absolute atomic E-state index is 14.9. The molecule has 2 atom stereocenters. The van der Waals surface area contributed by atoms with E-state index in [0.717, 1.165) is 0 Å². The molecule has 0 spiro atoms. The SMILES string of the molecule is C[C@H]1CN(c2ncc(C=O)cn2)CCN1c1cc(F)c(C2CCC(=O)NC2=O)c(F)c1. The molecule has 4 rings (SSSR count). The molecule has 2 aliphatic heterocycles. The van der Waals surface area contributed by atoms with E-state index < -0.39 is 29.4 Å². The number of piperidine rings is 1. The van der Waals surface area contributed by atoms with Crippen molar-refractivity contribution >= 4 is 29.7 Å². The predicted octanol–water partition coefficient (Wildman–Crippen LogP) is 1.80. The van der Waals surface area contributed by atoms with Crippen LogP contribution < -0.4 is 15.1 Å². The molecule has 2 amide bonds. The molecule has 0 radical (unpaired) electrons. The summed E-state index contributed by atoms with van der Waals surface area (Å²) in [5, 5.41) is 2.14. The smallest absolute Gasteiger partial charge is 0.234 e. The molecule has 3 heterocycles. The van der Waals surface area contributed by atoms with Gasteiger partial charge in [0.25, 0.3) is 0 Å². The molecule has 1 aromatic carbocycles. The topological polar surface area (TPSA) is 95.5 Å². The van der Waals surface area contributed by atoms with Gasteiger partial charge in [-0.05, 0) is 25.5 Å². The number of carbonyl (C=O) groups excluding carboxylic acids is 3. The molecule has 162 valence electrons. The number of aromatic nitrogens is 2. The number of piperazine rings is 1. The number of benzene rings is 1. The summed E-state index contributed by atoms with van der Waals surface area (Å²) in [6.45, 7) is 3.47. The third-order valence-electron chi connectivity index (χ3n) is 5.69. The third-order valence-corrected chi connectivity index (χ3v) is 5.69. The Bertz CT molecular complexity index is 1010. The van der Waals surface area contributed by atoms with Gasteiger partial charge < -0.3 is 9.80 Å². The second-order valence-corrected chi connectivity index (χ2v) is 7.75. The number of anilines is 2. The van der Waals surface area contributed by atoms with E-state index in [2.05, 4.69) is 15.3 Å². The number of hydrogen-bond acceptors (Lipinski definition) is 7. The molecular weight excluding hydrogens is 408 g/mol. The Hall–Kier alpha value is -3.43. The van der Waals surface area contributed by atoms with Gasteiger partial charge >= 0.3 is 0 Å². The Morgan fingerprint density at radius 2 is 1.81 bits per heavy atom. The molecule has 1 aromatic heterocycles. The molecule has 2 aliphatic rings. The van der Waals surface area contributed by atoms with Crippen molar-refractivity contribution in [2.75, 3.05) is 29.4 Å². The van der Waals surface area contributed by atoms with Crippen molar-refractivity contribution in [2.45, 2.75) is 31.7 Å². The zero-order valence-corrected chi connectivity index (χ0v) is 16.8. The fourth-order valence-electron chi connectivity index (χ4n) is 4.12. The molecule has 1 unspecified atom stereocenters. The van der Waals surface area contributed by atoms with E-state index in [9.17, 15) is 23.2 Å². The van der Waals surface area contributed by atoms with E-state index in [0.29, 0.717) is 43.1 Å². The van der Waals surface area contributed by atoms with Gasteiger partial charge in [-0.3, -0.25) is 19.7 Å². The molecule has 10 heteroatoms. The number of nitrogens with zero attached hydrogens (tertiary/aromatic N) is 4. The number of halogens is 2. The predicted molar refractivity (Wildman–Crippen MR) is 108 cm³/mol. The molecule has 2 fully saturated rings. The second kappa shape index (κ2) is 8.37. The van der Waals surface area contributed by atoms with Crippen LogP contribution in [0.25, 0.3) is 0 Å². The Kier molecular flexibility index (Phi) is 5.62. The van der Waals surface area contributed by atoms with Crippen molar-refractivity contribution in [2.24, 2.45) is 0 Å². The summed E-state index contributed by atoms with van der Waals surface area (Å²) >= 11 is 0. The molecule has 2 aromatic rings. The number of hydrogen-bond donors (Lipinski definition) is 1. The maximum Gasteiger partial charge on any atom is 0.234 e. The summed E-state index contributed by atoms with van der Waals surface area (Å²) in [7, 11) is 0. The molecule has 0 aliphatic carbocycles. The normalized spacial score (nSPS) is 21.8. The van der Waals surface area contributed by atoms with Crippen LogP contribution in [-0.4, -0.2) is 53.7 Å². The Balaban J connectivity index is 1.51. The standard InChI is InChI=1S/C21H21F2N5O3/c1-12-10-27(21-24-8-13(11-29)9-25-21)4-5-28(12)14-6-16(22)19(17(23)7-14)15-2-3-18(30)26-20(15)31/h6-9,11-12,15H,2-5,10H2,1H3,(H,26,30,31)/t12-,15?/m0/s1. The second-order valence-electron chi connectivity index (χ2n) is 7.75. The van der Waals surface area contributed by atoms with Gasteiger partial charge in [-0.1, -0.05) is 0 Å². The maximum atomic E-state index is 14.9. The Labute approximate surface area is 177 Å². The first-order valence-electron chi connectivity index (χ1n) is 9.99. The van der Waals surface area contributed by atoms with Gasteiger partial charge in [0.15, 0.2) is 6.29 Å².